The number of carbonyl (C=O) groups excluding carboxylic acids is 1. The van der Waals surface area contributed by atoms with Crippen LogP contribution in [0.15, 0.2) is 5.16 Å². The Balaban J connectivity index is 1.67. The number of thioether (sulfide) groups is 1. The molecule has 0 radical (unpaired) electrons. The zero-order valence-corrected chi connectivity index (χ0v) is 17.7. The molecule has 8 heteroatoms. The van der Waals surface area contributed by atoms with Crippen LogP contribution in [0, 0.1) is 24.2 Å². The maximum atomic E-state index is 12.5. The van der Waals surface area contributed by atoms with Crippen molar-refractivity contribution in [3.05, 3.63) is 21.8 Å². The van der Waals surface area contributed by atoms with Gasteiger partial charge < -0.3 is 9.88 Å². The first-order valence-electron chi connectivity index (χ1n) is 9.44. The number of fused-ring (bicyclic) bond motifs is 1. The molecule has 144 valence electrons. The summed E-state index contributed by atoms with van der Waals surface area (Å²) in [5, 5.41) is 22.3. The Bertz CT molecular complexity index is 864. The van der Waals surface area contributed by atoms with Crippen molar-refractivity contribution < 1.29 is 4.79 Å². The minimum atomic E-state index is -0.106. The molecule has 0 aliphatic heterocycles. The van der Waals surface area contributed by atoms with E-state index in [9.17, 15) is 10.1 Å². The molecule has 0 fully saturated rings. The van der Waals surface area contributed by atoms with Crippen molar-refractivity contribution >= 4 is 34.0 Å². The maximum absolute atomic E-state index is 12.5. The normalized spacial score (nSPS) is 16.0. The van der Waals surface area contributed by atoms with E-state index in [4.69, 9.17) is 0 Å². The topological polar surface area (TPSA) is 83.6 Å². The van der Waals surface area contributed by atoms with Gasteiger partial charge in [-0.25, -0.2) is 0 Å². The van der Waals surface area contributed by atoms with Gasteiger partial charge in [0.15, 0.2) is 5.16 Å². The molecule has 2 heterocycles. The van der Waals surface area contributed by atoms with E-state index in [-0.39, 0.29) is 11.7 Å². The number of thiophene rings is 1. The lowest BCUT2D eigenvalue weighted by Crippen LogP contribution is -2.15. The molecule has 6 nitrogen and oxygen atoms in total. The van der Waals surface area contributed by atoms with Gasteiger partial charge in [0.1, 0.15) is 16.9 Å². The molecule has 3 rings (SSSR count). The number of hydrogen-bond acceptors (Lipinski definition) is 6. The third-order valence-electron chi connectivity index (χ3n) is 4.99. The Morgan fingerprint density at radius 3 is 2.96 bits per heavy atom. The Morgan fingerprint density at radius 2 is 2.26 bits per heavy atom. The third kappa shape index (κ3) is 4.36. The molecular formula is C19H25N5OS2. The van der Waals surface area contributed by atoms with E-state index in [1.54, 1.807) is 11.3 Å². The summed E-state index contributed by atoms with van der Waals surface area (Å²) in [5.74, 6) is 1.70. The van der Waals surface area contributed by atoms with Crippen LogP contribution in [0.25, 0.3) is 0 Å². The fourth-order valence-electron chi connectivity index (χ4n) is 3.45. The summed E-state index contributed by atoms with van der Waals surface area (Å²) in [4.78, 5) is 13.7. The number of nitrogens with zero attached hydrogens (tertiary/aromatic N) is 4. The van der Waals surface area contributed by atoms with Crippen LogP contribution in [0.2, 0.25) is 0 Å². The van der Waals surface area contributed by atoms with E-state index in [0.717, 1.165) is 55.2 Å². The highest BCUT2D eigenvalue weighted by molar-refractivity contribution is 7.99. The monoisotopic (exact) mass is 403 g/mol. The maximum Gasteiger partial charge on any atom is 0.235 e. The average Bonchev–Trinajstić information content (AvgIpc) is 3.19. The quantitative estimate of drug-likeness (QED) is 0.701. The third-order valence-corrected chi connectivity index (χ3v) is 7.13. The second-order valence-corrected chi connectivity index (χ2v) is 8.90. The first kappa shape index (κ1) is 19.9. The minimum Gasteiger partial charge on any atom is -0.316 e. The molecule has 0 bridgehead atoms. The predicted octanol–water partition coefficient (Wildman–Crippen LogP) is 4.18. The van der Waals surface area contributed by atoms with Gasteiger partial charge in [0.25, 0.3) is 0 Å². The standard InChI is InChI=1S/C19H25N5OS2/c1-4-8-24-12(3)22-23-19(24)26-11-17(25)21-18-15(10-20)14-7-6-13(5-2)9-16(14)27-18/h13H,4-9,11H2,1-3H3,(H,21,25)/t13-/m1/s1. The summed E-state index contributed by atoms with van der Waals surface area (Å²) in [7, 11) is 0. The number of aryl methyl sites for hydroxylation is 1. The second kappa shape index (κ2) is 8.89. The fourth-order valence-corrected chi connectivity index (χ4v) is 5.59. The molecule has 1 aliphatic carbocycles. The summed E-state index contributed by atoms with van der Waals surface area (Å²) in [6.45, 7) is 7.09. The number of nitrogens with one attached hydrogen (secondary N) is 1. The van der Waals surface area contributed by atoms with E-state index < -0.39 is 0 Å². The molecule has 1 aliphatic rings. The smallest absolute Gasteiger partial charge is 0.235 e. The van der Waals surface area contributed by atoms with Gasteiger partial charge in [0, 0.05) is 11.4 Å². The SMILES string of the molecule is CCCn1c(C)nnc1SCC(=O)Nc1sc2c(c1C#N)CC[C@@H](CC)C2. The van der Waals surface area contributed by atoms with Crippen molar-refractivity contribution in [3.8, 4) is 6.07 Å². The Morgan fingerprint density at radius 1 is 1.44 bits per heavy atom. The lowest BCUT2D eigenvalue weighted by Gasteiger charge is -2.20. The molecular weight excluding hydrogens is 378 g/mol. The largest absolute Gasteiger partial charge is 0.316 e. The highest BCUT2D eigenvalue weighted by Crippen LogP contribution is 2.40. The van der Waals surface area contributed by atoms with Crippen LogP contribution in [-0.4, -0.2) is 26.4 Å². The summed E-state index contributed by atoms with van der Waals surface area (Å²) in [6.07, 6.45) is 5.25. The fraction of sp³-hybridized carbons (Fsp3) is 0.579. The van der Waals surface area contributed by atoms with Crippen LogP contribution in [0.1, 0.15) is 54.9 Å². The van der Waals surface area contributed by atoms with Crippen LogP contribution in [0.4, 0.5) is 5.00 Å². The number of anilines is 1. The summed E-state index contributed by atoms with van der Waals surface area (Å²) >= 11 is 2.96. The zero-order chi connectivity index (χ0) is 19.4. The Kier molecular flexibility index (Phi) is 6.55. The van der Waals surface area contributed by atoms with Gasteiger partial charge in [0.2, 0.25) is 5.91 Å². The molecule has 0 unspecified atom stereocenters. The van der Waals surface area contributed by atoms with E-state index in [2.05, 4.69) is 35.4 Å². The van der Waals surface area contributed by atoms with Crippen molar-refractivity contribution in [3.63, 3.8) is 0 Å². The number of carbonyl (C=O) groups is 1. The number of amides is 1. The van der Waals surface area contributed by atoms with E-state index in [1.807, 2.05) is 11.5 Å². The van der Waals surface area contributed by atoms with Crippen LogP contribution < -0.4 is 5.32 Å². The van der Waals surface area contributed by atoms with Crippen LogP contribution in [0.3, 0.4) is 0 Å². The van der Waals surface area contributed by atoms with Crippen LogP contribution >= 0.6 is 23.1 Å². The highest BCUT2D eigenvalue weighted by Gasteiger charge is 2.25. The highest BCUT2D eigenvalue weighted by atomic mass is 32.2. The van der Waals surface area contributed by atoms with Gasteiger partial charge in [-0.2, -0.15) is 5.26 Å². The van der Waals surface area contributed by atoms with E-state index in [0.29, 0.717) is 16.5 Å². The molecule has 0 aromatic carbocycles. The van der Waals surface area contributed by atoms with Gasteiger partial charge in [0.05, 0.1) is 11.3 Å². The number of hydrogen-bond donors (Lipinski definition) is 1. The van der Waals surface area contributed by atoms with Gasteiger partial charge in [-0.3, -0.25) is 4.79 Å². The molecule has 0 saturated heterocycles. The van der Waals surface area contributed by atoms with Gasteiger partial charge in [-0.05, 0) is 44.1 Å². The molecule has 1 atom stereocenters. The lowest BCUT2D eigenvalue weighted by molar-refractivity contribution is -0.113. The predicted molar refractivity (Wildman–Crippen MR) is 109 cm³/mol. The first-order valence-corrected chi connectivity index (χ1v) is 11.2. The van der Waals surface area contributed by atoms with Gasteiger partial charge in [-0.15, -0.1) is 21.5 Å². The van der Waals surface area contributed by atoms with Crippen molar-refractivity contribution in [2.75, 3.05) is 11.1 Å². The number of nitriles is 1. The van der Waals surface area contributed by atoms with Crippen molar-refractivity contribution in [2.24, 2.45) is 5.92 Å². The average molecular weight is 404 g/mol. The molecule has 0 spiro atoms. The van der Waals surface area contributed by atoms with Gasteiger partial charge in [-0.1, -0.05) is 32.0 Å². The van der Waals surface area contributed by atoms with Crippen LogP contribution in [0.5, 0.6) is 0 Å². The van der Waals surface area contributed by atoms with Gasteiger partial charge >= 0.3 is 0 Å². The Hall–Kier alpha value is -1.85. The summed E-state index contributed by atoms with van der Waals surface area (Å²) < 4.78 is 2.04. The van der Waals surface area contributed by atoms with E-state index >= 15 is 0 Å². The second-order valence-electron chi connectivity index (χ2n) is 6.86. The van der Waals surface area contributed by atoms with Crippen molar-refractivity contribution in [1.82, 2.24) is 14.8 Å². The van der Waals surface area contributed by atoms with E-state index in [1.165, 1.54) is 16.6 Å². The van der Waals surface area contributed by atoms with Crippen LogP contribution in [-0.2, 0) is 24.2 Å². The first-order chi connectivity index (χ1) is 13.1. The minimum absolute atomic E-state index is 0.106. The number of rotatable bonds is 7. The molecule has 0 saturated carbocycles. The van der Waals surface area contributed by atoms with Crippen molar-refractivity contribution in [2.45, 2.75) is 64.6 Å². The molecule has 27 heavy (non-hydrogen) atoms. The molecule has 2 aromatic rings. The number of aromatic nitrogens is 3. The molecule has 1 N–H and O–H groups in total. The molecule has 1 amide bonds. The van der Waals surface area contributed by atoms with Crippen molar-refractivity contribution in [1.29, 1.82) is 5.26 Å². The summed E-state index contributed by atoms with van der Waals surface area (Å²) in [6, 6.07) is 2.31. The lowest BCUT2D eigenvalue weighted by atomic mass is 9.86. The summed E-state index contributed by atoms with van der Waals surface area (Å²) in [5.41, 5.74) is 1.81. The zero-order valence-electron chi connectivity index (χ0n) is 16.0. The Labute approximate surface area is 168 Å². The molecule has 2 aromatic heterocycles.